The van der Waals surface area contributed by atoms with Gasteiger partial charge in [0.2, 0.25) is 0 Å². The SMILES string of the molecule is CC(C)(C)CCOCCCCc1ccccc1. The fourth-order valence-corrected chi connectivity index (χ4v) is 1.66. The Morgan fingerprint density at radius 2 is 1.65 bits per heavy atom. The first kappa shape index (κ1) is 14.2. The van der Waals surface area contributed by atoms with E-state index < -0.39 is 0 Å². The van der Waals surface area contributed by atoms with E-state index in [0.717, 1.165) is 19.6 Å². The molecule has 0 bridgehead atoms. The van der Waals surface area contributed by atoms with Crippen molar-refractivity contribution in [3.05, 3.63) is 35.9 Å². The van der Waals surface area contributed by atoms with Crippen LogP contribution in [-0.2, 0) is 11.2 Å². The second kappa shape index (κ2) is 7.50. The maximum absolute atomic E-state index is 5.65. The van der Waals surface area contributed by atoms with E-state index in [0.29, 0.717) is 5.41 Å². The van der Waals surface area contributed by atoms with Gasteiger partial charge in [-0.2, -0.15) is 0 Å². The van der Waals surface area contributed by atoms with E-state index in [1.165, 1.54) is 24.8 Å². The summed E-state index contributed by atoms with van der Waals surface area (Å²) in [5.74, 6) is 0. The Morgan fingerprint density at radius 3 is 2.29 bits per heavy atom. The van der Waals surface area contributed by atoms with Crippen molar-refractivity contribution in [2.24, 2.45) is 5.41 Å². The third-order valence-electron chi connectivity index (χ3n) is 2.84. The summed E-state index contributed by atoms with van der Waals surface area (Å²) in [6.07, 6.45) is 4.70. The van der Waals surface area contributed by atoms with Crippen molar-refractivity contribution in [3.8, 4) is 0 Å². The van der Waals surface area contributed by atoms with Crippen LogP contribution in [0, 0.1) is 5.41 Å². The maximum Gasteiger partial charge on any atom is 0.0471 e. The standard InChI is InChI=1S/C16H26O/c1-16(2,3)12-14-17-13-8-7-11-15-9-5-4-6-10-15/h4-6,9-10H,7-8,11-14H2,1-3H3. The number of hydrogen-bond donors (Lipinski definition) is 0. The molecule has 0 saturated heterocycles. The normalized spacial score (nSPS) is 11.7. The molecule has 1 heteroatoms. The Labute approximate surface area is 106 Å². The molecule has 17 heavy (non-hydrogen) atoms. The first-order valence-electron chi connectivity index (χ1n) is 6.70. The highest BCUT2D eigenvalue weighted by molar-refractivity contribution is 5.14. The summed E-state index contributed by atoms with van der Waals surface area (Å²) >= 11 is 0. The topological polar surface area (TPSA) is 9.23 Å². The van der Waals surface area contributed by atoms with Crippen molar-refractivity contribution in [1.82, 2.24) is 0 Å². The quantitative estimate of drug-likeness (QED) is 0.633. The molecule has 0 spiro atoms. The van der Waals surface area contributed by atoms with Gasteiger partial charge >= 0.3 is 0 Å². The lowest BCUT2D eigenvalue weighted by atomic mass is 9.93. The van der Waals surface area contributed by atoms with Crippen LogP contribution in [0.2, 0.25) is 0 Å². The first-order valence-corrected chi connectivity index (χ1v) is 6.70. The van der Waals surface area contributed by atoms with Gasteiger partial charge in [0, 0.05) is 13.2 Å². The first-order chi connectivity index (χ1) is 8.08. The van der Waals surface area contributed by atoms with Crippen molar-refractivity contribution in [2.75, 3.05) is 13.2 Å². The third-order valence-corrected chi connectivity index (χ3v) is 2.84. The minimum Gasteiger partial charge on any atom is -0.381 e. The van der Waals surface area contributed by atoms with Crippen molar-refractivity contribution in [3.63, 3.8) is 0 Å². The molecule has 1 aromatic carbocycles. The van der Waals surface area contributed by atoms with Crippen molar-refractivity contribution in [2.45, 2.75) is 46.5 Å². The van der Waals surface area contributed by atoms with Gasteiger partial charge in [-0.3, -0.25) is 0 Å². The molecular weight excluding hydrogens is 208 g/mol. The highest BCUT2D eigenvalue weighted by Crippen LogP contribution is 2.17. The van der Waals surface area contributed by atoms with Gasteiger partial charge in [-0.05, 0) is 36.7 Å². The molecule has 0 heterocycles. The van der Waals surface area contributed by atoms with E-state index >= 15 is 0 Å². The molecule has 1 rings (SSSR count). The van der Waals surface area contributed by atoms with Gasteiger partial charge in [0.05, 0.1) is 0 Å². The molecule has 0 radical (unpaired) electrons. The number of unbranched alkanes of at least 4 members (excludes halogenated alkanes) is 1. The minimum atomic E-state index is 0.393. The monoisotopic (exact) mass is 234 g/mol. The average Bonchev–Trinajstić information content (AvgIpc) is 2.28. The fraction of sp³-hybridized carbons (Fsp3) is 0.625. The van der Waals surface area contributed by atoms with Crippen LogP contribution in [0.5, 0.6) is 0 Å². The van der Waals surface area contributed by atoms with Gasteiger partial charge in [0.15, 0.2) is 0 Å². The van der Waals surface area contributed by atoms with Crippen LogP contribution in [-0.4, -0.2) is 13.2 Å². The van der Waals surface area contributed by atoms with Crippen LogP contribution in [0.15, 0.2) is 30.3 Å². The van der Waals surface area contributed by atoms with E-state index in [4.69, 9.17) is 4.74 Å². The second-order valence-electron chi connectivity index (χ2n) is 5.87. The van der Waals surface area contributed by atoms with Crippen LogP contribution in [0.25, 0.3) is 0 Å². The molecule has 0 aliphatic rings. The second-order valence-corrected chi connectivity index (χ2v) is 5.87. The molecule has 0 atom stereocenters. The van der Waals surface area contributed by atoms with E-state index in [2.05, 4.69) is 51.1 Å². The van der Waals surface area contributed by atoms with Gasteiger partial charge in [-0.1, -0.05) is 51.1 Å². The van der Waals surface area contributed by atoms with Crippen molar-refractivity contribution < 1.29 is 4.74 Å². The number of ether oxygens (including phenoxy) is 1. The average molecular weight is 234 g/mol. The predicted molar refractivity (Wildman–Crippen MR) is 74.3 cm³/mol. The molecule has 1 aromatic rings. The smallest absolute Gasteiger partial charge is 0.0471 e. The number of rotatable bonds is 7. The Balaban J connectivity index is 1.95. The van der Waals surface area contributed by atoms with E-state index in [-0.39, 0.29) is 0 Å². The molecule has 1 nitrogen and oxygen atoms in total. The zero-order chi connectivity index (χ0) is 12.6. The summed E-state index contributed by atoms with van der Waals surface area (Å²) in [4.78, 5) is 0. The molecule has 0 saturated carbocycles. The fourth-order valence-electron chi connectivity index (χ4n) is 1.66. The largest absolute Gasteiger partial charge is 0.381 e. The Hall–Kier alpha value is -0.820. The highest BCUT2D eigenvalue weighted by Gasteiger charge is 2.08. The summed E-state index contributed by atoms with van der Waals surface area (Å²) in [5, 5.41) is 0. The van der Waals surface area contributed by atoms with E-state index in [1.54, 1.807) is 0 Å². The Morgan fingerprint density at radius 1 is 0.941 bits per heavy atom. The van der Waals surface area contributed by atoms with Crippen LogP contribution in [0.4, 0.5) is 0 Å². The maximum atomic E-state index is 5.65. The zero-order valence-corrected chi connectivity index (χ0v) is 11.5. The van der Waals surface area contributed by atoms with E-state index in [1.807, 2.05) is 0 Å². The Kier molecular flexibility index (Phi) is 6.28. The molecule has 0 fully saturated rings. The summed E-state index contributed by atoms with van der Waals surface area (Å²) in [6.45, 7) is 8.57. The molecular formula is C16H26O. The number of hydrogen-bond acceptors (Lipinski definition) is 1. The molecule has 0 aliphatic carbocycles. The van der Waals surface area contributed by atoms with Crippen LogP contribution in [0.3, 0.4) is 0 Å². The lowest BCUT2D eigenvalue weighted by Gasteiger charge is -2.17. The van der Waals surface area contributed by atoms with Crippen LogP contribution >= 0.6 is 0 Å². The van der Waals surface area contributed by atoms with Crippen molar-refractivity contribution in [1.29, 1.82) is 0 Å². The predicted octanol–water partition coefficient (Wildman–Crippen LogP) is 4.46. The lowest BCUT2D eigenvalue weighted by molar-refractivity contribution is 0.105. The van der Waals surface area contributed by atoms with Crippen molar-refractivity contribution >= 4 is 0 Å². The highest BCUT2D eigenvalue weighted by atomic mass is 16.5. The summed E-state index contributed by atoms with van der Waals surface area (Å²) in [6, 6.07) is 10.7. The molecule has 96 valence electrons. The van der Waals surface area contributed by atoms with Crippen LogP contribution < -0.4 is 0 Å². The summed E-state index contributed by atoms with van der Waals surface area (Å²) in [7, 11) is 0. The Bertz CT molecular complexity index is 284. The van der Waals surface area contributed by atoms with Crippen LogP contribution in [0.1, 0.15) is 45.6 Å². The molecule has 0 N–H and O–H groups in total. The number of aryl methyl sites for hydroxylation is 1. The van der Waals surface area contributed by atoms with Gasteiger partial charge in [-0.15, -0.1) is 0 Å². The van der Waals surface area contributed by atoms with Gasteiger partial charge in [0.1, 0.15) is 0 Å². The van der Waals surface area contributed by atoms with E-state index in [9.17, 15) is 0 Å². The molecule has 0 aliphatic heterocycles. The number of benzene rings is 1. The summed E-state index contributed by atoms with van der Waals surface area (Å²) < 4.78 is 5.65. The molecule has 0 amide bonds. The third kappa shape index (κ3) is 7.98. The van der Waals surface area contributed by atoms with Gasteiger partial charge < -0.3 is 4.74 Å². The molecule has 0 aromatic heterocycles. The summed E-state index contributed by atoms with van der Waals surface area (Å²) in [5.41, 5.74) is 1.83. The van der Waals surface area contributed by atoms with Gasteiger partial charge in [0.25, 0.3) is 0 Å². The molecule has 0 unspecified atom stereocenters. The minimum absolute atomic E-state index is 0.393. The lowest BCUT2D eigenvalue weighted by Crippen LogP contribution is -2.10. The zero-order valence-electron chi connectivity index (χ0n) is 11.5. The van der Waals surface area contributed by atoms with Gasteiger partial charge in [-0.25, -0.2) is 0 Å².